The van der Waals surface area contributed by atoms with Gasteiger partial charge in [0, 0.05) is 5.56 Å². The highest BCUT2D eigenvalue weighted by Gasteiger charge is 2.24. The molecule has 0 saturated heterocycles. The van der Waals surface area contributed by atoms with Crippen LogP contribution in [0.3, 0.4) is 0 Å². The number of hydrogen-bond donors (Lipinski definition) is 0. The smallest absolute Gasteiger partial charge is 0.363 e. The van der Waals surface area contributed by atoms with Gasteiger partial charge >= 0.3 is 5.97 Å². The van der Waals surface area contributed by atoms with Gasteiger partial charge < -0.3 is 14.2 Å². The Kier molecular flexibility index (Phi) is 5.19. The third kappa shape index (κ3) is 3.74. The first-order chi connectivity index (χ1) is 12.1. The Balaban J connectivity index is 1.96. The average Bonchev–Trinajstić information content (AvgIpc) is 2.98. The van der Waals surface area contributed by atoms with Crippen molar-refractivity contribution in [3.63, 3.8) is 0 Å². The second-order valence-corrected chi connectivity index (χ2v) is 6.02. The van der Waals surface area contributed by atoms with Crippen LogP contribution in [-0.4, -0.2) is 25.6 Å². The van der Waals surface area contributed by atoms with E-state index in [1.54, 1.807) is 19.3 Å². The molecule has 6 heteroatoms. The van der Waals surface area contributed by atoms with E-state index in [1.807, 2.05) is 43.3 Å². The summed E-state index contributed by atoms with van der Waals surface area (Å²) in [4.78, 5) is 16.4. The molecular formula is C19H16BrNO4. The maximum atomic E-state index is 12.1. The Labute approximate surface area is 154 Å². The fraction of sp³-hybridized carbons (Fsp3) is 0.158. The average molecular weight is 402 g/mol. The number of methoxy groups -OCH3 is 1. The van der Waals surface area contributed by atoms with Gasteiger partial charge in [-0.3, -0.25) is 0 Å². The van der Waals surface area contributed by atoms with Gasteiger partial charge in [0.15, 0.2) is 17.2 Å². The molecule has 0 spiro atoms. The number of carbonyl (C=O) groups is 1. The summed E-state index contributed by atoms with van der Waals surface area (Å²) in [5.41, 5.74) is 1.74. The number of ether oxygens (including phenoxy) is 3. The second-order valence-electron chi connectivity index (χ2n) is 5.17. The van der Waals surface area contributed by atoms with Crippen molar-refractivity contribution in [2.24, 2.45) is 4.99 Å². The first kappa shape index (κ1) is 17.2. The number of carbonyl (C=O) groups excluding carboxylic acids is 1. The van der Waals surface area contributed by atoms with Crippen LogP contribution in [0.25, 0.3) is 6.08 Å². The van der Waals surface area contributed by atoms with Crippen LogP contribution in [0, 0.1) is 0 Å². The van der Waals surface area contributed by atoms with Crippen molar-refractivity contribution in [2.75, 3.05) is 13.7 Å². The maximum absolute atomic E-state index is 12.1. The molecule has 1 heterocycles. The predicted octanol–water partition coefficient (Wildman–Crippen LogP) is 4.20. The summed E-state index contributed by atoms with van der Waals surface area (Å²) in [6.45, 7) is 2.42. The van der Waals surface area contributed by atoms with Crippen LogP contribution in [0.1, 0.15) is 18.1 Å². The second kappa shape index (κ2) is 7.53. The van der Waals surface area contributed by atoms with E-state index in [9.17, 15) is 4.79 Å². The van der Waals surface area contributed by atoms with E-state index in [0.29, 0.717) is 24.0 Å². The number of benzene rings is 2. The van der Waals surface area contributed by atoms with Crippen LogP contribution in [-0.2, 0) is 9.53 Å². The highest BCUT2D eigenvalue weighted by Crippen LogP contribution is 2.37. The van der Waals surface area contributed by atoms with Crippen molar-refractivity contribution in [3.8, 4) is 11.5 Å². The molecule has 0 bridgehead atoms. The van der Waals surface area contributed by atoms with E-state index in [4.69, 9.17) is 14.2 Å². The Morgan fingerprint density at radius 2 is 2.00 bits per heavy atom. The standard InChI is InChI=1S/C19H16BrNO4/c1-3-24-17-14(20)9-12(11-16(17)23-2)10-15-19(22)25-18(21-15)13-7-5-4-6-8-13/h4-11H,3H2,1-2H3. The van der Waals surface area contributed by atoms with Gasteiger partial charge in [-0.15, -0.1) is 0 Å². The topological polar surface area (TPSA) is 57.1 Å². The van der Waals surface area contributed by atoms with Crippen LogP contribution in [0.4, 0.5) is 0 Å². The molecule has 3 rings (SSSR count). The van der Waals surface area contributed by atoms with Crippen molar-refractivity contribution in [1.29, 1.82) is 0 Å². The number of halogens is 1. The molecule has 2 aromatic rings. The zero-order valence-corrected chi connectivity index (χ0v) is 15.4. The van der Waals surface area contributed by atoms with Crippen LogP contribution in [0.2, 0.25) is 0 Å². The van der Waals surface area contributed by atoms with Crippen LogP contribution in [0.5, 0.6) is 11.5 Å². The third-order valence-corrected chi connectivity index (χ3v) is 4.07. The lowest BCUT2D eigenvalue weighted by molar-refractivity contribution is -0.129. The highest BCUT2D eigenvalue weighted by molar-refractivity contribution is 9.10. The molecule has 0 unspecified atom stereocenters. The Morgan fingerprint density at radius 1 is 1.24 bits per heavy atom. The summed E-state index contributed by atoms with van der Waals surface area (Å²) in [5, 5.41) is 0. The quantitative estimate of drug-likeness (QED) is 0.556. The molecule has 0 N–H and O–H groups in total. The Hall–Kier alpha value is -2.60. The van der Waals surface area contributed by atoms with Crippen LogP contribution >= 0.6 is 15.9 Å². The number of cyclic esters (lactones) is 1. The van der Waals surface area contributed by atoms with Gasteiger partial charge in [0.05, 0.1) is 18.2 Å². The monoisotopic (exact) mass is 401 g/mol. The number of esters is 1. The van der Waals surface area contributed by atoms with E-state index in [2.05, 4.69) is 20.9 Å². The van der Waals surface area contributed by atoms with Crippen molar-refractivity contribution < 1.29 is 19.0 Å². The van der Waals surface area contributed by atoms with E-state index < -0.39 is 5.97 Å². The molecule has 0 amide bonds. The Bertz CT molecular complexity index is 859. The summed E-state index contributed by atoms with van der Waals surface area (Å²) in [6, 6.07) is 12.9. The van der Waals surface area contributed by atoms with Crippen LogP contribution < -0.4 is 9.47 Å². The minimum absolute atomic E-state index is 0.233. The first-order valence-electron chi connectivity index (χ1n) is 7.70. The van der Waals surface area contributed by atoms with Crippen molar-refractivity contribution in [1.82, 2.24) is 0 Å². The van der Waals surface area contributed by atoms with E-state index in [0.717, 1.165) is 15.6 Å². The number of rotatable bonds is 5. The molecule has 0 aromatic heterocycles. The van der Waals surface area contributed by atoms with Gasteiger partial charge in [-0.05, 0) is 58.8 Å². The van der Waals surface area contributed by atoms with Gasteiger partial charge in [0.2, 0.25) is 5.90 Å². The molecule has 5 nitrogen and oxygen atoms in total. The van der Waals surface area contributed by atoms with Gasteiger partial charge in [-0.1, -0.05) is 18.2 Å². The highest BCUT2D eigenvalue weighted by atomic mass is 79.9. The molecule has 0 atom stereocenters. The van der Waals surface area contributed by atoms with Gasteiger partial charge in [-0.2, -0.15) is 0 Å². The molecule has 0 aliphatic carbocycles. The van der Waals surface area contributed by atoms with Crippen molar-refractivity contribution in [3.05, 3.63) is 63.8 Å². The fourth-order valence-electron chi connectivity index (χ4n) is 2.38. The largest absolute Gasteiger partial charge is 0.493 e. The molecule has 128 valence electrons. The van der Waals surface area contributed by atoms with Gasteiger partial charge in [-0.25, -0.2) is 9.79 Å². The summed E-state index contributed by atoms with van der Waals surface area (Å²) >= 11 is 3.47. The number of aliphatic imine (C=N–C) groups is 1. The maximum Gasteiger partial charge on any atom is 0.363 e. The fourth-order valence-corrected chi connectivity index (χ4v) is 2.95. The Morgan fingerprint density at radius 3 is 2.68 bits per heavy atom. The molecular weight excluding hydrogens is 386 g/mol. The summed E-state index contributed by atoms with van der Waals surface area (Å²) in [7, 11) is 1.57. The van der Waals surface area contributed by atoms with Crippen molar-refractivity contribution in [2.45, 2.75) is 6.92 Å². The molecule has 0 radical (unpaired) electrons. The molecule has 25 heavy (non-hydrogen) atoms. The number of hydrogen-bond acceptors (Lipinski definition) is 5. The molecule has 0 saturated carbocycles. The summed E-state index contributed by atoms with van der Waals surface area (Å²) < 4.78 is 16.9. The first-order valence-corrected chi connectivity index (χ1v) is 8.50. The lowest BCUT2D eigenvalue weighted by Gasteiger charge is -2.12. The lowest BCUT2D eigenvalue weighted by atomic mass is 10.1. The van der Waals surface area contributed by atoms with Gasteiger partial charge in [0.1, 0.15) is 0 Å². The predicted molar refractivity (Wildman–Crippen MR) is 98.9 cm³/mol. The minimum Gasteiger partial charge on any atom is -0.493 e. The van der Waals surface area contributed by atoms with Crippen molar-refractivity contribution >= 4 is 33.9 Å². The molecule has 0 fully saturated rings. The minimum atomic E-state index is -0.483. The van der Waals surface area contributed by atoms with E-state index >= 15 is 0 Å². The summed E-state index contributed by atoms with van der Waals surface area (Å²) in [6.07, 6.45) is 1.65. The van der Waals surface area contributed by atoms with Gasteiger partial charge in [0.25, 0.3) is 0 Å². The van der Waals surface area contributed by atoms with E-state index in [1.165, 1.54) is 0 Å². The zero-order valence-electron chi connectivity index (χ0n) is 13.8. The number of nitrogens with zero attached hydrogens (tertiary/aromatic N) is 1. The normalized spacial score (nSPS) is 15.1. The molecule has 2 aromatic carbocycles. The zero-order chi connectivity index (χ0) is 17.8. The lowest BCUT2D eigenvalue weighted by Crippen LogP contribution is -2.04. The SMILES string of the molecule is CCOc1c(Br)cc(C=C2N=C(c3ccccc3)OC2=O)cc1OC. The molecule has 1 aliphatic heterocycles. The van der Waals surface area contributed by atoms with Crippen LogP contribution in [0.15, 0.2) is 57.6 Å². The molecule has 1 aliphatic rings. The summed E-state index contributed by atoms with van der Waals surface area (Å²) in [5.74, 6) is 1.01. The van der Waals surface area contributed by atoms with E-state index in [-0.39, 0.29) is 5.70 Å². The third-order valence-electron chi connectivity index (χ3n) is 3.49.